The summed E-state index contributed by atoms with van der Waals surface area (Å²) in [6.45, 7) is 3.36. The van der Waals surface area contributed by atoms with Crippen molar-refractivity contribution in [2.45, 2.75) is 25.8 Å². The van der Waals surface area contributed by atoms with Crippen LogP contribution in [0, 0.1) is 0 Å². The first-order valence-corrected chi connectivity index (χ1v) is 5.34. The number of amides is 2. The quantitative estimate of drug-likeness (QED) is 0.681. The van der Waals surface area contributed by atoms with Crippen LogP contribution in [-0.4, -0.2) is 54.3 Å². The second-order valence-corrected chi connectivity index (χ2v) is 3.97. The number of nitrogens with zero attached hydrogens (tertiary/aromatic N) is 2. The summed E-state index contributed by atoms with van der Waals surface area (Å²) in [5, 5.41) is 0. The number of carbonyl (C=O) groups is 2. The summed E-state index contributed by atoms with van der Waals surface area (Å²) in [6.07, 6.45) is 1.56. The average Bonchev–Trinajstić information content (AvgIpc) is 2.21. The van der Waals surface area contributed by atoms with Gasteiger partial charge in [0.15, 0.2) is 0 Å². The Morgan fingerprint density at radius 3 is 2.73 bits per heavy atom. The highest BCUT2D eigenvalue weighted by Gasteiger charge is 2.27. The fourth-order valence-electron chi connectivity index (χ4n) is 1.62. The van der Waals surface area contributed by atoms with Gasteiger partial charge < -0.3 is 15.5 Å². The lowest BCUT2D eigenvalue weighted by Gasteiger charge is -2.33. The summed E-state index contributed by atoms with van der Waals surface area (Å²) in [7, 11) is 1.75. The number of hydrogen-bond donors (Lipinski definition) is 1. The predicted molar refractivity (Wildman–Crippen MR) is 57.1 cm³/mol. The van der Waals surface area contributed by atoms with Gasteiger partial charge in [-0.05, 0) is 6.42 Å². The maximum atomic E-state index is 11.8. The number of likely N-dealkylation sites (N-methyl/N-ethyl adjacent to an activating group) is 1. The van der Waals surface area contributed by atoms with Crippen LogP contribution in [0.15, 0.2) is 0 Å². The molecule has 0 bridgehead atoms. The second kappa shape index (κ2) is 5.11. The molecule has 1 atom stereocenters. The van der Waals surface area contributed by atoms with Gasteiger partial charge in [0.1, 0.15) is 0 Å². The van der Waals surface area contributed by atoms with Gasteiger partial charge >= 0.3 is 0 Å². The standard InChI is InChI=1S/C10H19N3O2/c1-3-4-8(11)10(15)13-6-5-12(2)9(14)7-13/h8H,3-7,11H2,1-2H3/t8-/m1/s1. The van der Waals surface area contributed by atoms with E-state index in [1.165, 1.54) is 0 Å². The lowest BCUT2D eigenvalue weighted by Crippen LogP contribution is -2.54. The van der Waals surface area contributed by atoms with Gasteiger partial charge in [-0.1, -0.05) is 13.3 Å². The Labute approximate surface area is 90.2 Å². The molecule has 0 aliphatic carbocycles. The summed E-state index contributed by atoms with van der Waals surface area (Å²) in [5.74, 6) is -0.114. The molecule has 0 spiro atoms. The highest BCUT2D eigenvalue weighted by atomic mass is 16.2. The first kappa shape index (κ1) is 12.0. The lowest BCUT2D eigenvalue weighted by molar-refractivity contribution is -0.145. The smallest absolute Gasteiger partial charge is 0.241 e. The Kier molecular flexibility index (Phi) is 4.08. The molecule has 2 N–H and O–H groups in total. The monoisotopic (exact) mass is 213 g/mol. The van der Waals surface area contributed by atoms with Crippen molar-refractivity contribution >= 4 is 11.8 Å². The van der Waals surface area contributed by atoms with Gasteiger partial charge in [0.25, 0.3) is 0 Å². The molecule has 15 heavy (non-hydrogen) atoms. The van der Waals surface area contributed by atoms with E-state index in [0.29, 0.717) is 19.5 Å². The molecule has 0 aromatic heterocycles. The summed E-state index contributed by atoms with van der Waals surface area (Å²) >= 11 is 0. The van der Waals surface area contributed by atoms with Gasteiger partial charge in [0, 0.05) is 20.1 Å². The van der Waals surface area contributed by atoms with Gasteiger partial charge in [0.2, 0.25) is 11.8 Å². The van der Waals surface area contributed by atoms with Crippen LogP contribution in [0.25, 0.3) is 0 Å². The minimum Gasteiger partial charge on any atom is -0.342 e. The third-order valence-electron chi connectivity index (χ3n) is 2.69. The molecule has 0 saturated carbocycles. The minimum atomic E-state index is -0.453. The first-order chi connectivity index (χ1) is 7.06. The Hall–Kier alpha value is -1.10. The van der Waals surface area contributed by atoms with Gasteiger partial charge in [0.05, 0.1) is 12.6 Å². The molecule has 5 heteroatoms. The average molecular weight is 213 g/mol. The maximum Gasteiger partial charge on any atom is 0.241 e. The van der Waals surface area contributed by atoms with Gasteiger partial charge in [-0.15, -0.1) is 0 Å². The SMILES string of the molecule is CCC[C@@H](N)C(=O)N1CCN(C)C(=O)C1. The Bertz CT molecular complexity index is 255. The predicted octanol–water partition coefficient (Wildman–Crippen LogP) is -0.586. The normalized spacial score (nSPS) is 19.3. The van der Waals surface area contributed by atoms with E-state index in [9.17, 15) is 9.59 Å². The van der Waals surface area contributed by atoms with Crippen LogP contribution >= 0.6 is 0 Å². The van der Waals surface area contributed by atoms with Crippen molar-refractivity contribution in [1.82, 2.24) is 9.80 Å². The van der Waals surface area contributed by atoms with Gasteiger partial charge in [-0.2, -0.15) is 0 Å². The molecule has 0 aromatic carbocycles. The fourth-order valence-corrected chi connectivity index (χ4v) is 1.62. The topological polar surface area (TPSA) is 66.6 Å². The highest BCUT2D eigenvalue weighted by Crippen LogP contribution is 2.05. The van der Waals surface area contributed by atoms with Crippen LogP contribution in [0.4, 0.5) is 0 Å². The second-order valence-electron chi connectivity index (χ2n) is 3.97. The molecule has 1 heterocycles. The molecule has 1 saturated heterocycles. The van der Waals surface area contributed by atoms with Crippen LogP contribution in [0.1, 0.15) is 19.8 Å². The summed E-state index contributed by atoms with van der Waals surface area (Å²) in [5.41, 5.74) is 5.72. The summed E-state index contributed by atoms with van der Waals surface area (Å²) in [4.78, 5) is 26.3. The minimum absolute atomic E-state index is 0.0155. The van der Waals surface area contributed by atoms with E-state index < -0.39 is 6.04 Å². The molecule has 0 unspecified atom stereocenters. The molecule has 1 aliphatic heterocycles. The van der Waals surface area contributed by atoms with Crippen LogP contribution < -0.4 is 5.73 Å². The molecule has 0 radical (unpaired) electrons. The number of carbonyl (C=O) groups excluding carboxylic acids is 2. The summed E-state index contributed by atoms with van der Waals surface area (Å²) in [6, 6.07) is -0.453. The van der Waals surface area contributed by atoms with E-state index in [1.807, 2.05) is 6.92 Å². The van der Waals surface area contributed by atoms with Gasteiger partial charge in [-0.25, -0.2) is 0 Å². The molecule has 5 nitrogen and oxygen atoms in total. The highest BCUT2D eigenvalue weighted by molar-refractivity contribution is 5.88. The maximum absolute atomic E-state index is 11.8. The zero-order valence-electron chi connectivity index (χ0n) is 9.40. The van der Waals surface area contributed by atoms with Crippen molar-refractivity contribution in [3.8, 4) is 0 Å². The Balaban J connectivity index is 2.50. The van der Waals surface area contributed by atoms with Crippen molar-refractivity contribution in [3.63, 3.8) is 0 Å². The number of hydrogen-bond acceptors (Lipinski definition) is 3. The largest absolute Gasteiger partial charge is 0.342 e. The number of piperazine rings is 1. The van der Waals surface area contributed by atoms with E-state index >= 15 is 0 Å². The third kappa shape index (κ3) is 2.92. The Morgan fingerprint density at radius 1 is 1.53 bits per heavy atom. The molecular formula is C10H19N3O2. The number of rotatable bonds is 3. The van der Waals surface area contributed by atoms with Crippen molar-refractivity contribution in [1.29, 1.82) is 0 Å². The van der Waals surface area contributed by atoms with E-state index in [1.54, 1.807) is 16.8 Å². The molecule has 1 rings (SSSR count). The molecule has 1 aliphatic rings. The van der Waals surface area contributed by atoms with E-state index in [0.717, 1.165) is 6.42 Å². The van der Waals surface area contributed by atoms with Crippen LogP contribution in [0.5, 0.6) is 0 Å². The van der Waals surface area contributed by atoms with Crippen molar-refractivity contribution in [3.05, 3.63) is 0 Å². The van der Waals surface area contributed by atoms with E-state index in [4.69, 9.17) is 5.73 Å². The van der Waals surface area contributed by atoms with E-state index in [2.05, 4.69) is 0 Å². The lowest BCUT2D eigenvalue weighted by atomic mass is 10.1. The zero-order valence-corrected chi connectivity index (χ0v) is 9.40. The van der Waals surface area contributed by atoms with E-state index in [-0.39, 0.29) is 18.4 Å². The molecule has 1 fully saturated rings. The molecule has 0 aromatic rings. The Morgan fingerprint density at radius 2 is 2.20 bits per heavy atom. The van der Waals surface area contributed by atoms with Crippen LogP contribution in [0.3, 0.4) is 0 Å². The van der Waals surface area contributed by atoms with Crippen molar-refractivity contribution < 1.29 is 9.59 Å². The first-order valence-electron chi connectivity index (χ1n) is 5.34. The van der Waals surface area contributed by atoms with Crippen LogP contribution in [-0.2, 0) is 9.59 Å². The zero-order chi connectivity index (χ0) is 11.4. The van der Waals surface area contributed by atoms with Crippen molar-refractivity contribution in [2.75, 3.05) is 26.7 Å². The molecular weight excluding hydrogens is 194 g/mol. The van der Waals surface area contributed by atoms with Crippen LogP contribution in [0.2, 0.25) is 0 Å². The van der Waals surface area contributed by atoms with Crippen molar-refractivity contribution in [2.24, 2.45) is 5.73 Å². The molecule has 86 valence electrons. The summed E-state index contributed by atoms with van der Waals surface area (Å²) < 4.78 is 0. The molecule has 2 amide bonds. The third-order valence-corrected chi connectivity index (χ3v) is 2.69. The number of nitrogens with two attached hydrogens (primary N) is 1. The van der Waals surface area contributed by atoms with Gasteiger partial charge in [-0.3, -0.25) is 9.59 Å². The fraction of sp³-hybridized carbons (Fsp3) is 0.800.